The number of ketones is 1. The molecule has 3 unspecified atom stereocenters. The topological polar surface area (TPSA) is 49.8 Å². The van der Waals surface area contributed by atoms with Gasteiger partial charge >= 0.3 is 0 Å². The van der Waals surface area contributed by atoms with E-state index in [1.54, 1.807) is 16.2 Å². The van der Waals surface area contributed by atoms with E-state index in [-0.39, 0.29) is 28.6 Å². The molecule has 0 bridgehead atoms. The number of carbonyl (C=O) groups excluding carboxylic acids is 1. The van der Waals surface area contributed by atoms with Gasteiger partial charge in [0.1, 0.15) is 0 Å². The fourth-order valence-corrected chi connectivity index (χ4v) is 9.78. The largest absolute Gasteiger partial charge is 0.369 e. The van der Waals surface area contributed by atoms with Gasteiger partial charge in [0.25, 0.3) is 0 Å². The highest BCUT2D eigenvalue weighted by molar-refractivity contribution is 5.91. The third kappa shape index (κ3) is 3.02. The lowest BCUT2D eigenvalue weighted by molar-refractivity contribution is -0.178. The molecule has 6 rings (SSSR count). The molecule has 2 saturated heterocycles. The number of hydroxylamine groups is 2. The summed E-state index contributed by atoms with van der Waals surface area (Å²) in [6.45, 7) is 12.8. The predicted molar refractivity (Wildman–Crippen MR) is 129 cm³/mol. The van der Waals surface area contributed by atoms with E-state index in [0.29, 0.717) is 29.5 Å². The van der Waals surface area contributed by atoms with Crippen molar-refractivity contribution >= 4 is 5.78 Å². The van der Waals surface area contributed by atoms with E-state index in [2.05, 4.69) is 34.6 Å². The standard InChI is InChI=1S/C29H43NO3/c1-17-12-25-26(30(32)16-17)19(3)29(33-25)11-10-28(5)22-7-6-20-13-21(31)8-9-27(20,4)24(22)14-23(28)18(2)15-29/h13,17,19,22,24-26,32H,6-12,14-16H2,1-5H3/t17-,19+,22?,24?,25+,26-,27-,28?,29-/m0/s1. The van der Waals surface area contributed by atoms with Gasteiger partial charge < -0.3 is 9.94 Å². The SMILES string of the molecule is CC1=C2CC3C(CCC4=CC(=O)CC[C@@]43C)C2(C)CC[C@@]2(C1)O[C@@H]1C[C@H](C)CN(O)[C@H]1[C@H]2C. The van der Waals surface area contributed by atoms with Crippen molar-refractivity contribution < 1.29 is 14.7 Å². The molecule has 0 aromatic rings. The fraction of sp³-hybridized carbons (Fsp3) is 0.828. The molecule has 0 amide bonds. The van der Waals surface area contributed by atoms with Crippen molar-refractivity contribution in [3.8, 4) is 0 Å². The van der Waals surface area contributed by atoms with Crippen LogP contribution in [0, 0.1) is 34.5 Å². The maximum absolute atomic E-state index is 12.2. The van der Waals surface area contributed by atoms with Gasteiger partial charge in [0.05, 0.1) is 17.7 Å². The summed E-state index contributed by atoms with van der Waals surface area (Å²) in [7, 11) is 0. The number of piperidine rings is 1. The van der Waals surface area contributed by atoms with Crippen molar-refractivity contribution in [1.82, 2.24) is 5.06 Å². The zero-order chi connectivity index (χ0) is 23.3. The second-order valence-electron chi connectivity index (χ2n) is 13.3. The van der Waals surface area contributed by atoms with Crippen molar-refractivity contribution in [2.75, 3.05) is 6.54 Å². The van der Waals surface area contributed by atoms with E-state index >= 15 is 0 Å². The Balaban J connectivity index is 1.34. The van der Waals surface area contributed by atoms with Gasteiger partial charge in [-0.15, -0.1) is 0 Å². The third-order valence-electron chi connectivity index (χ3n) is 11.7. The minimum absolute atomic E-state index is 0.138. The van der Waals surface area contributed by atoms with Crippen LogP contribution >= 0.6 is 0 Å². The summed E-state index contributed by atoms with van der Waals surface area (Å²) in [4.78, 5) is 12.2. The number of ether oxygens (including phenoxy) is 1. The number of allylic oxidation sites excluding steroid dienone is 3. The van der Waals surface area contributed by atoms with Crippen LogP contribution in [-0.4, -0.2) is 40.3 Å². The normalized spacial score (nSPS) is 52.2. The molecule has 2 heterocycles. The Bertz CT molecular complexity index is 937. The van der Waals surface area contributed by atoms with E-state index in [1.807, 2.05) is 6.08 Å². The molecule has 0 aromatic heterocycles. The fourth-order valence-electron chi connectivity index (χ4n) is 9.78. The number of hydrogen-bond acceptors (Lipinski definition) is 4. The molecular formula is C29H43NO3. The van der Waals surface area contributed by atoms with Crippen LogP contribution in [0.2, 0.25) is 0 Å². The number of hydrogen-bond donors (Lipinski definition) is 1. The first-order valence-electron chi connectivity index (χ1n) is 13.6. The van der Waals surface area contributed by atoms with E-state index in [0.717, 1.165) is 45.1 Å². The molecule has 182 valence electrons. The molecular weight excluding hydrogens is 410 g/mol. The van der Waals surface area contributed by atoms with Crippen molar-refractivity contribution in [2.45, 2.75) is 110 Å². The summed E-state index contributed by atoms with van der Waals surface area (Å²) in [5.41, 5.74) is 5.04. The molecule has 0 aromatic carbocycles. The first kappa shape index (κ1) is 22.5. The minimum atomic E-state index is -0.138. The van der Waals surface area contributed by atoms with Gasteiger partial charge in [-0.25, -0.2) is 0 Å². The molecule has 2 saturated carbocycles. The maximum atomic E-state index is 12.2. The molecule has 4 nitrogen and oxygen atoms in total. The first-order valence-corrected chi connectivity index (χ1v) is 13.6. The molecule has 4 heteroatoms. The Morgan fingerprint density at radius 1 is 1.09 bits per heavy atom. The Labute approximate surface area is 199 Å². The molecule has 2 aliphatic heterocycles. The van der Waals surface area contributed by atoms with Crippen molar-refractivity contribution in [1.29, 1.82) is 0 Å². The van der Waals surface area contributed by atoms with Gasteiger partial charge in [-0.2, -0.15) is 5.06 Å². The molecule has 33 heavy (non-hydrogen) atoms. The van der Waals surface area contributed by atoms with Crippen LogP contribution in [-0.2, 0) is 9.53 Å². The Hall–Kier alpha value is -0.970. The minimum Gasteiger partial charge on any atom is -0.369 e. The monoisotopic (exact) mass is 453 g/mol. The van der Waals surface area contributed by atoms with Crippen molar-refractivity contribution in [3.63, 3.8) is 0 Å². The van der Waals surface area contributed by atoms with Crippen LogP contribution in [0.5, 0.6) is 0 Å². The molecule has 0 radical (unpaired) electrons. The average molecular weight is 454 g/mol. The summed E-state index contributed by atoms with van der Waals surface area (Å²) in [6.07, 6.45) is 11.9. The van der Waals surface area contributed by atoms with Gasteiger partial charge in [0.15, 0.2) is 5.78 Å². The van der Waals surface area contributed by atoms with Crippen LogP contribution in [0.4, 0.5) is 0 Å². The van der Waals surface area contributed by atoms with Gasteiger partial charge in [-0.05, 0) is 93.0 Å². The van der Waals surface area contributed by atoms with Crippen LogP contribution in [0.3, 0.4) is 0 Å². The lowest BCUT2D eigenvalue weighted by Crippen LogP contribution is -2.50. The summed E-state index contributed by atoms with van der Waals surface area (Å²) in [5, 5.41) is 12.4. The smallest absolute Gasteiger partial charge is 0.155 e. The Morgan fingerprint density at radius 3 is 2.67 bits per heavy atom. The van der Waals surface area contributed by atoms with Crippen LogP contribution in [0.25, 0.3) is 0 Å². The molecule has 4 fully saturated rings. The summed E-state index contributed by atoms with van der Waals surface area (Å²) >= 11 is 0. The van der Waals surface area contributed by atoms with Gasteiger partial charge in [0, 0.05) is 18.9 Å². The quantitative estimate of drug-likeness (QED) is 0.451. The van der Waals surface area contributed by atoms with E-state index in [1.165, 1.54) is 24.8 Å². The van der Waals surface area contributed by atoms with Crippen molar-refractivity contribution in [3.05, 3.63) is 22.8 Å². The van der Waals surface area contributed by atoms with Gasteiger partial charge in [-0.3, -0.25) is 4.79 Å². The molecule has 9 atom stereocenters. The number of carbonyl (C=O) groups is 1. The van der Waals surface area contributed by atoms with E-state index < -0.39 is 0 Å². The predicted octanol–water partition coefficient (Wildman–Crippen LogP) is 6.09. The van der Waals surface area contributed by atoms with Crippen LogP contribution in [0.1, 0.15) is 92.4 Å². The lowest BCUT2D eigenvalue weighted by atomic mass is 9.54. The Kier molecular flexibility index (Phi) is 4.96. The number of fused-ring (bicyclic) bond motifs is 6. The molecule has 1 N–H and O–H groups in total. The third-order valence-corrected chi connectivity index (χ3v) is 11.7. The summed E-state index contributed by atoms with van der Waals surface area (Å²) in [6, 6.07) is 0.138. The van der Waals surface area contributed by atoms with Crippen LogP contribution in [0.15, 0.2) is 22.8 Å². The molecule has 4 aliphatic carbocycles. The second kappa shape index (κ2) is 7.27. The second-order valence-corrected chi connectivity index (χ2v) is 13.3. The number of rotatable bonds is 0. The van der Waals surface area contributed by atoms with Gasteiger partial charge in [-0.1, -0.05) is 44.4 Å². The lowest BCUT2D eigenvalue weighted by Gasteiger charge is -2.50. The summed E-state index contributed by atoms with van der Waals surface area (Å²) < 4.78 is 6.98. The molecule has 1 spiro atoms. The first-order chi connectivity index (χ1) is 15.6. The highest BCUT2D eigenvalue weighted by atomic mass is 16.5. The van der Waals surface area contributed by atoms with E-state index in [4.69, 9.17) is 4.74 Å². The van der Waals surface area contributed by atoms with E-state index in [9.17, 15) is 10.0 Å². The maximum Gasteiger partial charge on any atom is 0.155 e. The van der Waals surface area contributed by atoms with Crippen molar-refractivity contribution in [2.24, 2.45) is 34.5 Å². The summed E-state index contributed by atoms with van der Waals surface area (Å²) in [5.74, 6) is 2.55. The average Bonchev–Trinajstić information content (AvgIpc) is 3.16. The van der Waals surface area contributed by atoms with Gasteiger partial charge in [0.2, 0.25) is 0 Å². The zero-order valence-electron chi connectivity index (χ0n) is 21.3. The number of nitrogens with zero attached hydrogens (tertiary/aromatic N) is 1. The Morgan fingerprint density at radius 2 is 1.88 bits per heavy atom. The molecule has 6 aliphatic rings. The highest BCUT2D eigenvalue weighted by Gasteiger charge is 2.62. The van der Waals surface area contributed by atoms with Crippen LogP contribution < -0.4 is 0 Å². The zero-order valence-corrected chi connectivity index (χ0v) is 21.3. The highest BCUT2D eigenvalue weighted by Crippen LogP contribution is 2.68.